The van der Waals surface area contributed by atoms with E-state index in [0.29, 0.717) is 20.1 Å². The van der Waals surface area contributed by atoms with E-state index in [2.05, 4.69) is 6.58 Å². The largest absolute Gasteiger partial charge is 0.0984 e. The highest BCUT2D eigenvalue weighted by atomic mass is 35.5. The summed E-state index contributed by atoms with van der Waals surface area (Å²) in [5.74, 6) is 0. The number of benzene rings is 2. The summed E-state index contributed by atoms with van der Waals surface area (Å²) >= 11 is 24.1. The van der Waals surface area contributed by atoms with Crippen LogP contribution in [0.4, 0.5) is 0 Å². The van der Waals surface area contributed by atoms with E-state index in [9.17, 15) is 0 Å². The molecule has 0 heterocycles. The molecule has 0 spiro atoms. The van der Waals surface area contributed by atoms with Crippen molar-refractivity contribution in [3.63, 3.8) is 0 Å². The van der Waals surface area contributed by atoms with Gasteiger partial charge in [0.1, 0.15) is 0 Å². The maximum Gasteiger partial charge on any atom is 0.0598 e. The Bertz CT molecular complexity index is 730. The van der Waals surface area contributed by atoms with Gasteiger partial charge in [-0.25, -0.2) is 0 Å². The molecule has 0 fully saturated rings. The van der Waals surface area contributed by atoms with Crippen LogP contribution >= 0.6 is 46.4 Å². The topological polar surface area (TPSA) is 0 Å². The van der Waals surface area contributed by atoms with Crippen molar-refractivity contribution in [2.45, 2.75) is 6.92 Å². The van der Waals surface area contributed by atoms with Crippen molar-refractivity contribution < 1.29 is 0 Å². The number of halogens is 4. The van der Waals surface area contributed by atoms with Crippen LogP contribution in [0, 0.1) is 6.92 Å². The molecule has 0 aromatic heterocycles. The molecule has 0 saturated heterocycles. The van der Waals surface area contributed by atoms with E-state index in [0.717, 1.165) is 22.3 Å². The molecule has 0 N–H and O–H groups in total. The van der Waals surface area contributed by atoms with Crippen molar-refractivity contribution in [3.05, 3.63) is 73.2 Å². The lowest BCUT2D eigenvalue weighted by Crippen LogP contribution is -1.84. The first-order valence-corrected chi connectivity index (χ1v) is 7.68. The van der Waals surface area contributed by atoms with Crippen LogP contribution in [0.1, 0.15) is 22.3 Å². The third kappa shape index (κ3) is 3.84. The molecule has 0 atom stereocenters. The van der Waals surface area contributed by atoms with E-state index in [4.69, 9.17) is 46.4 Å². The van der Waals surface area contributed by atoms with Gasteiger partial charge >= 0.3 is 0 Å². The van der Waals surface area contributed by atoms with Crippen LogP contribution < -0.4 is 0 Å². The monoisotopic (exact) mass is 356 g/mol. The highest BCUT2D eigenvalue weighted by Crippen LogP contribution is 2.29. The molecular formula is C17H12Cl4. The average Bonchev–Trinajstić information content (AvgIpc) is 2.44. The first kappa shape index (κ1) is 16.5. The van der Waals surface area contributed by atoms with E-state index in [1.165, 1.54) is 0 Å². The van der Waals surface area contributed by atoms with Gasteiger partial charge in [-0.05, 0) is 53.4 Å². The van der Waals surface area contributed by atoms with Gasteiger partial charge < -0.3 is 0 Å². The minimum atomic E-state index is 0.507. The Morgan fingerprint density at radius 2 is 1.14 bits per heavy atom. The minimum absolute atomic E-state index is 0.507. The summed E-state index contributed by atoms with van der Waals surface area (Å²) < 4.78 is 0. The molecule has 0 saturated carbocycles. The summed E-state index contributed by atoms with van der Waals surface area (Å²) in [5, 5.41) is 2.09. The van der Waals surface area contributed by atoms with Crippen molar-refractivity contribution in [3.8, 4) is 0 Å². The van der Waals surface area contributed by atoms with Crippen molar-refractivity contribution >= 4 is 64.6 Å². The Morgan fingerprint density at radius 3 is 1.71 bits per heavy atom. The predicted molar refractivity (Wildman–Crippen MR) is 96.7 cm³/mol. The normalized spacial score (nSPS) is 11.1. The van der Waals surface area contributed by atoms with Gasteiger partial charge in [0.05, 0.1) is 20.1 Å². The lowest BCUT2D eigenvalue weighted by molar-refractivity contribution is 1.44. The van der Waals surface area contributed by atoms with Gasteiger partial charge in [0.2, 0.25) is 0 Å². The molecular weight excluding hydrogens is 346 g/mol. The molecule has 2 aromatic carbocycles. The number of hydrogen-bond acceptors (Lipinski definition) is 0. The second-order valence-electron chi connectivity index (χ2n) is 4.56. The highest BCUT2D eigenvalue weighted by Gasteiger charge is 2.05. The second-order valence-corrected chi connectivity index (χ2v) is 6.18. The lowest BCUT2D eigenvalue weighted by atomic mass is 10.0. The maximum atomic E-state index is 6.06. The molecule has 0 aliphatic carbocycles. The van der Waals surface area contributed by atoms with E-state index in [-0.39, 0.29) is 0 Å². The van der Waals surface area contributed by atoms with Crippen LogP contribution in [-0.2, 0) is 0 Å². The molecule has 0 radical (unpaired) electrons. The van der Waals surface area contributed by atoms with E-state index < -0.39 is 0 Å². The molecule has 0 unspecified atom stereocenters. The minimum Gasteiger partial charge on any atom is -0.0984 e. The number of hydrogen-bond donors (Lipinski definition) is 0. The highest BCUT2D eigenvalue weighted by molar-refractivity contribution is 6.42. The van der Waals surface area contributed by atoms with E-state index in [1.54, 1.807) is 12.1 Å². The molecule has 0 aliphatic rings. The van der Waals surface area contributed by atoms with Gasteiger partial charge in [0, 0.05) is 0 Å². The molecule has 21 heavy (non-hydrogen) atoms. The third-order valence-electron chi connectivity index (χ3n) is 3.10. The smallest absolute Gasteiger partial charge is 0.0598 e. The fourth-order valence-electron chi connectivity index (χ4n) is 1.92. The zero-order chi connectivity index (χ0) is 15.6. The molecule has 108 valence electrons. The van der Waals surface area contributed by atoms with Crippen LogP contribution in [0.2, 0.25) is 20.1 Å². The Balaban J connectivity index is 2.44. The summed E-state index contributed by atoms with van der Waals surface area (Å²) in [6.45, 7) is 5.76. The predicted octanol–water partition coefficient (Wildman–Crippen LogP) is 7.42. The lowest BCUT2D eigenvalue weighted by Gasteiger charge is -2.06. The summed E-state index contributed by atoms with van der Waals surface area (Å²) in [7, 11) is 0. The van der Waals surface area contributed by atoms with Crippen LogP contribution in [0.15, 0.2) is 30.8 Å². The number of rotatable bonds is 3. The van der Waals surface area contributed by atoms with E-state index in [1.807, 2.05) is 37.3 Å². The zero-order valence-corrected chi connectivity index (χ0v) is 14.3. The Labute approximate surface area is 144 Å². The fourth-order valence-corrected chi connectivity index (χ4v) is 2.65. The maximum absolute atomic E-state index is 6.06. The van der Waals surface area contributed by atoms with Crippen LogP contribution in [0.25, 0.3) is 18.2 Å². The van der Waals surface area contributed by atoms with Crippen LogP contribution in [0.5, 0.6) is 0 Å². The summed E-state index contributed by atoms with van der Waals surface area (Å²) in [6, 6.07) is 7.27. The number of aryl methyl sites for hydroxylation is 1. The van der Waals surface area contributed by atoms with Gasteiger partial charge in [-0.1, -0.05) is 71.2 Å². The Kier molecular flexibility index (Phi) is 5.40. The average molecular weight is 358 g/mol. The molecule has 0 amide bonds. The summed E-state index contributed by atoms with van der Waals surface area (Å²) in [6.07, 6.45) is 5.65. The molecule has 0 bridgehead atoms. The molecule has 4 heteroatoms. The second kappa shape index (κ2) is 6.89. The van der Waals surface area contributed by atoms with Crippen molar-refractivity contribution in [2.75, 3.05) is 0 Å². The van der Waals surface area contributed by atoms with Crippen molar-refractivity contribution in [1.82, 2.24) is 0 Å². The standard InChI is InChI=1S/C17H12Cl4/c1-3-11-7-15(19)17(21)9-13(11)5-4-12-8-16(20)14(18)6-10(12)2/h3-9H,1H2,2H3/b5-4-. The molecule has 0 aliphatic heterocycles. The Morgan fingerprint density at radius 1 is 0.714 bits per heavy atom. The molecule has 2 aromatic rings. The van der Waals surface area contributed by atoms with Gasteiger partial charge in [-0.2, -0.15) is 0 Å². The molecule has 0 nitrogen and oxygen atoms in total. The summed E-state index contributed by atoms with van der Waals surface area (Å²) in [4.78, 5) is 0. The Hall–Kier alpha value is -0.920. The molecule has 2 rings (SSSR count). The zero-order valence-electron chi connectivity index (χ0n) is 11.3. The summed E-state index contributed by atoms with van der Waals surface area (Å²) in [5.41, 5.74) is 3.88. The first-order valence-electron chi connectivity index (χ1n) is 6.17. The van der Waals surface area contributed by atoms with Gasteiger partial charge in [-0.3, -0.25) is 0 Å². The van der Waals surface area contributed by atoms with E-state index >= 15 is 0 Å². The van der Waals surface area contributed by atoms with Crippen LogP contribution in [0.3, 0.4) is 0 Å². The van der Waals surface area contributed by atoms with Crippen molar-refractivity contribution in [1.29, 1.82) is 0 Å². The first-order chi connectivity index (χ1) is 9.92. The van der Waals surface area contributed by atoms with Gasteiger partial charge in [0.25, 0.3) is 0 Å². The van der Waals surface area contributed by atoms with Crippen LogP contribution in [-0.4, -0.2) is 0 Å². The third-order valence-corrected chi connectivity index (χ3v) is 4.54. The van der Waals surface area contributed by atoms with Crippen molar-refractivity contribution in [2.24, 2.45) is 0 Å². The quantitative estimate of drug-likeness (QED) is 0.501. The SMILES string of the molecule is C=Cc1cc(Cl)c(Cl)cc1/C=C\c1cc(Cl)c(Cl)cc1C. The van der Waals surface area contributed by atoms with Gasteiger partial charge in [0.15, 0.2) is 0 Å². The fraction of sp³-hybridized carbons (Fsp3) is 0.0588. The van der Waals surface area contributed by atoms with Gasteiger partial charge in [-0.15, -0.1) is 0 Å².